The van der Waals surface area contributed by atoms with Gasteiger partial charge in [0.25, 0.3) is 0 Å². The highest BCUT2D eigenvalue weighted by Crippen LogP contribution is 2.17. The summed E-state index contributed by atoms with van der Waals surface area (Å²) in [6.07, 6.45) is 77.0. The number of allylic oxidation sites excluding steroid dienone is 19. The van der Waals surface area contributed by atoms with Gasteiger partial charge in [0.1, 0.15) is 6.10 Å². The fourth-order valence-corrected chi connectivity index (χ4v) is 7.90. The molecule has 0 radical (unpaired) electrons. The van der Waals surface area contributed by atoms with Gasteiger partial charge in [-0.15, -0.1) is 0 Å². The summed E-state index contributed by atoms with van der Waals surface area (Å²) in [5, 5.41) is 23.8. The quantitative estimate of drug-likeness (QED) is 0.0244. The first-order chi connectivity index (χ1) is 34.0. The molecule has 0 aromatic rings. The molecule has 3 unspecified atom stereocenters. The molecule has 392 valence electrons. The number of aliphatic hydroxyl groups is 2. The summed E-state index contributed by atoms with van der Waals surface area (Å²) in [6.45, 7) is 6.26. The van der Waals surface area contributed by atoms with Gasteiger partial charge in [0.15, 0.2) is 0 Å². The standard InChI is InChI=1S/C63H105NO5/c1-4-7-10-13-16-19-22-25-28-30-32-35-38-41-44-47-50-53-56-63(68)69-59(54-51-48-45-42-39-36-33-27-24-21-18-15-12-9-6-3)57-62(67)64-60(58-65)61(66)55-52-49-46-43-40-37-34-31-29-26-23-20-17-14-11-8-5-2/h9-10,12-13,16,18-19,21-22,25,27-28,30,32-33,35,39,42,48,51,59-61,65-66H,4-8,11,14-15,17,20,23-24,26,29,31,34,36-38,40-41,43-47,49-50,52-58H2,1-3H3,(H,64,67)/b12-9-,13-10+,19-16+,21-18-,25-22+,30-28+,33-27-,35-32+,42-39-,51-48-. The van der Waals surface area contributed by atoms with E-state index in [1.54, 1.807) is 0 Å². The number of esters is 1. The Balaban J connectivity index is 4.73. The topological polar surface area (TPSA) is 95.9 Å². The van der Waals surface area contributed by atoms with Gasteiger partial charge in [-0.2, -0.15) is 0 Å². The second-order valence-corrected chi connectivity index (χ2v) is 18.7. The number of nitrogens with one attached hydrogen (secondary N) is 1. The zero-order chi connectivity index (χ0) is 50.2. The Kier molecular flexibility index (Phi) is 52.2. The molecule has 0 spiro atoms. The van der Waals surface area contributed by atoms with Crippen LogP contribution in [-0.2, 0) is 14.3 Å². The zero-order valence-corrected chi connectivity index (χ0v) is 44.6. The maximum atomic E-state index is 13.2. The van der Waals surface area contributed by atoms with E-state index >= 15 is 0 Å². The number of unbranched alkanes of at least 4 members (excludes halogenated alkanes) is 22. The van der Waals surface area contributed by atoms with E-state index in [0.29, 0.717) is 19.3 Å². The number of hydrogen-bond acceptors (Lipinski definition) is 5. The molecule has 6 nitrogen and oxygen atoms in total. The van der Waals surface area contributed by atoms with Crippen molar-refractivity contribution in [3.63, 3.8) is 0 Å². The lowest BCUT2D eigenvalue weighted by atomic mass is 10.0. The smallest absolute Gasteiger partial charge is 0.306 e. The SMILES string of the molecule is CC/C=C\C/C=C\C/C=C\C/C=C\C/C=C\CC(CC(=O)NC(CO)C(O)CCCCCCCCCCCCCCCCCCC)OC(=O)CCCCCCC/C=C/C=C/C=C/C=C/C=C/CCC. The predicted molar refractivity (Wildman–Crippen MR) is 300 cm³/mol. The number of ether oxygens (including phenoxy) is 1. The first-order valence-electron chi connectivity index (χ1n) is 28.3. The Morgan fingerprint density at radius 1 is 0.464 bits per heavy atom. The molecule has 69 heavy (non-hydrogen) atoms. The van der Waals surface area contributed by atoms with Crippen LogP contribution in [-0.4, -0.2) is 46.9 Å². The third kappa shape index (κ3) is 50.5. The molecule has 0 aromatic carbocycles. The summed E-state index contributed by atoms with van der Waals surface area (Å²) in [5.41, 5.74) is 0. The lowest BCUT2D eigenvalue weighted by molar-refractivity contribution is -0.150. The van der Waals surface area contributed by atoms with E-state index < -0.39 is 18.2 Å². The van der Waals surface area contributed by atoms with E-state index in [2.05, 4.69) is 111 Å². The molecule has 3 atom stereocenters. The van der Waals surface area contributed by atoms with Gasteiger partial charge in [-0.3, -0.25) is 9.59 Å². The summed E-state index contributed by atoms with van der Waals surface area (Å²) in [5.74, 6) is -0.616. The minimum atomic E-state index is -0.826. The van der Waals surface area contributed by atoms with Gasteiger partial charge in [-0.05, 0) is 64.2 Å². The van der Waals surface area contributed by atoms with Crippen molar-refractivity contribution >= 4 is 11.9 Å². The molecular weight excluding hydrogens is 851 g/mol. The molecule has 0 aliphatic rings. The van der Waals surface area contributed by atoms with Gasteiger partial charge in [0.2, 0.25) is 5.91 Å². The molecule has 6 heteroatoms. The monoisotopic (exact) mass is 956 g/mol. The van der Waals surface area contributed by atoms with E-state index in [-0.39, 0.29) is 24.9 Å². The molecule has 0 saturated heterocycles. The summed E-state index contributed by atoms with van der Waals surface area (Å²) in [7, 11) is 0. The van der Waals surface area contributed by atoms with Crippen molar-refractivity contribution in [3.8, 4) is 0 Å². The second kappa shape index (κ2) is 55.2. The highest BCUT2D eigenvalue weighted by atomic mass is 16.5. The molecular formula is C63H105NO5. The van der Waals surface area contributed by atoms with Crippen molar-refractivity contribution < 1.29 is 24.5 Å². The molecule has 0 saturated carbocycles. The van der Waals surface area contributed by atoms with Crippen molar-refractivity contribution in [1.29, 1.82) is 0 Å². The van der Waals surface area contributed by atoms with Gasteiger partial charge in [-0.25, -0.2) is 0 Å². The normalized spacial score (nSPS) is 14.1. The van der Waals surface area contributed by atoms with Gasteiger partial charge in [0, 0.05) is 12.8 Å². The first kappa shape index (κ1) is 65.3. The van der Waals surface area contributed by atoms with Crippen molar-refractivity contribution in [2.75, 3.05) is 6.61 Å². The van der Waals surface area contributed by atoms with Crippen LogP contribution in [0.25, 0.3) is 0 Å². The van der Waals surface area contributed by atoms with E-state index in [9.17, 15) is 19.8 Å². The Morgan fingerprint density at radius 2 is 0.884 bits per heavy atom. The van der Waals surface area contributed by atoms with Crippen LogP contribution >= 0.6 is 0 Å². The summed E-state index contributed by atoms with van der Waals surface area (Å²) < 4.78 is 5.88. The fraction of sp³-hybridized carbons (Fsp3) is 0.651. The largest absolute Gasteiger partial charge is 0.461 e. The Labute approximate surface area is 425 Å². The van der Waals surface area contributed by atoms with E-state index in [0.717, 1.165) is 96.3 Å². The van der Waals surface area contributed by atoms with Crippen LogP contribution in [0.3, 0.4) is 0 Å². The minimum absolute atomic E-state index is 0.0187. The lowest BCUT2D eigenvalue weighted by Gasteiger charge is -2.24. The van der Waals surface area contributed by atoms with E-state index in [1.807, 2.05) is 36.5 Å². The molecule has 0 fully saturated rings. The summed E-state index contributed by atoms with van der Waals surface area (Å²) in [6, 6.07) is -0.747. The van der Waals surface area contributed by atoms with Crippen LogP contribution in [0, 0.1) is 0 Å². The van der Waals surface area contributed by atoms with Crippen LogP contribution in [0.4, 0.5) is 0 Å². The Bertz CT molecular complexity index is 1440. The third-order valence-electron chi connectivity index (χ3n) is 12.1. The lowest BCUT2D eigenvalue weighted by Crippen LogP contribution is -2.46. The van der Waals surface area contributed by atoms with Crippen molar-refractivity contribution in [2.24, 2.45) is 0 Å². The molecule has 3 N–H and O–H groups in total. The summed E-state index contributed by atoms with van der Waals surface area (Å²) >= 11 is 0. The van der Waals surface area contributed by atoms with Gasteiger partial charge in [0.05, 0.1) is 25.2 Å². The first-order valence-corrected chi connectivity index (χ1v) is 28.3. The maximum Gasteiger partial charge on any atom is 0.306 e. The summed E-state index contributed by atoms with van der Waals surface area (Å²) in [4.78, 5) is 26.2. The third-order valence-corrected chi connectivity index (χ3v) is 12.1. The van der Waals surface area contributed by atoms with Crippen molar-refractivity contribution in [2.45, 2.75) is 257 Å². The Hall–Kier alpha value is -3.74. The van der Waals surface area contributed by atoms with Crippen molar-refractivity contribution in [3.05, 3.63) is 122 Å². The number of aliphatic hydroxyl groups excluding tert-OH is 2. The minimum Gasteiger partial charge on any atom is -0.461 e. The maximum absolute atomic E-state index is 13.2. The number of carbonyl (C=O) groups excluding carboxylic acids is 2. The highest BCUT2D eigenvalue weighted by Gasteiger charge is 2.23. The van der Waals surface area contributed by atoms with E-state index in [1.165, 1.54) is 96.3 Å². The van der Waals surface area contributed by atoms with Crippen LogP contribution in [0.2, 0.25) is 0 Å². The highest BCUT2D eigenvalue weighted by molar-refractivity contribution is 5.77. The molecule has 0 aromatic heterocycles. The number of amides is 1. The molecule has 0 heterocycles. The molecule has 0 aliphatic heterocycles. The average molecular weight is 957 g/mol. The number of hydrogen-bond donors (Lipinski definition) is 3. The Morgan fingerprint density at radius 3 is 1.36 bits per heavy atom. The second-order valence-electron chi connectivity index (χ2n) is 18.7. The van der Waals surface area contributed by atoms with Gasteiger partial charge >= 0.3 is 5.97 Å². The average Bonchev–Trinajstić information content (AvgIpc) is 3.34. The van der Waals surface area contributed by atoms with E-state index in [4.69, 9.17) is 4.74 Å². The molecule has 0 aliphatic carbocycles. The van der Waals surface area contributed by atoms with Crippen LogP contribution in [0.5, 0.6) is 0 Å². The van der Waals surface area contributed by atoms with Gasteiger partial charge in [-0.1, -0.05) is 277 Å². The van der Waals surface area contributed by atoms with Crippen LogP contribution in [0.15, 0.2) is 122 Å². The number of rotatable bonds is 49. The zero-order valence-electron chi connectivity index (χ0n) is 44.6. The van der Waals surface area contributed by atoms with Gasteiger partial charge < -0.3 is 20.3 Å². The fourth-order valence-electron chi connectivity index (χ4n) is 7.90. The molecule has 1 amide bonds. The number of carbonyl (C=O) groups is 2. The van der Waals surface area contributed by atoms with Crippen LogP contribution < -0.4 is 5.32 Å². The predicted octanol–water partition coefficient (Wildman–Crippen LogP) is 17.6. The molecule has 0 bridgehead atoms. The van der Waals surface area contributed by atoms with Crippen molar-refractivity contribution in [1.82, 2.24) is 5.32 Å². The van der Waals surface area contributed by atoms with Crippen LogP contribution in [0.1, 0.15) is 239 Å². The molecule has 0 rings (SSSR count).